The Labute approximate surface area is 255 Å². The highest BCUT2D eigenvalue weighted by molar-refractivity contribution is 5.98. The third-order valence-electron chi connectivity index (χ3n) is 6.89. The van der Waals surface area contributed by atoms with Crippen LogP contribution in [0.4, 0.5) is 0 Å². The summed E-state index contributed by atoms with van der Waals surface area (Å²) in [6, 6.07) is 7.71. The Morgan fingerprint density at radius 3 is 2.19 bits per heavy atom. The van der Waals surface area contributed by atoms with Crippen LogP contribution < -0.4 is 5.73 Å². The number of hydrogen-bond acceptors (Lipinski definition) is 5. The lowest BCUT2D eigenvalue weighted by atomic mass is 10.0. The fourth-order valence-corrected chi connectivity index (χ4v) is 4.23. The van der Waals surface area contributed by atoms with Crippen molar-refractivity contribution in [2.24, 2.45) is 16.6 Å². The number of carbonyl (C=O) groups excluding carboxylic acids is 2. The summed E-state index contributed by atoms with van der Waals surface area (Å²) in [6.07, 6.45) is 9.45. The van der Waals surface area contributed by atoms with Gasteiger partial charge >= 0.3 is 0 Å². The Hall–Kier alpha value is -3.32. The first-order valence-electron chi connectivity index (χ1n) is 15.5. The van der Waals surface area contributed by atoms with Gasteiger partial charge in [-0.1, -0.05) is 71.4 Å². The molecule has 1 fully saturated rings. The van der Waals surface area contributed by atoms with E-state index in [-0.39, 0.29) is 12.3 Å². The second-order valence-corrected chi connectivity index (χ2v) is 10.6. The third kappa shape index (κ3) is 14.0. The van der Waals surface area contributed by atoms with Crippen LogP contribution in [0, 0.1) is 12.8 Å². The maximum absolute atomic E-state index is 11.5. The molecule has 1 aromatic heterocycles. The molecule has 2 unspecified atom stereocenters. The first kappa shape index (κ1) is 38.7. The Morgan fingerprint density at radius 2 is 1.71 bits per heavy atom. The molecule has 1 aromatic carbocycles. The predicted octanol–water partition coefficient (Wildman–Crippen LogP) is 7.69. The van der Waals surface area contributed by atoms with Crippen LogP contribution in [0.5, 0.6) is 0 Å². The van der Waals surface area contributed by atoms with Crippen LogP contribution in [0.25, 0.3) is 11.3 Å². The van der Waals surface area contributed by atoms with Crippen molar-refractivity contribution >= 4 is 17.9 Å². The maximum atomic E-state index is 11.5. The van der Waals surface area contributed by atoms with Crippen molar-refractivity contribution in [2.75, 3.05) is 19.6 Å². The van der Waals surface area contributed by atoms with E-state index >= 15 is 0 Å². The van der Waals surface area contributed by atoms with Gasteiger partial charge < -0.3 is 20.4 Å². The van der Waals surface area contributed by atoms with Crippen LogP contribution in [0.15, 0.2) is 60.3 Å². The van der Waals surface area contributed by atoms with Crippen molar-refractivity contribution < 1.29 is 9.59 Å². The van der Waals surface area contributed by atoms with E-state index < -0.39 is 6.04 Å². The number of likely N-dealkylation sites (tertiary alicyclic amines) is 1. The summed E-state index contributed by atoms with van der Waals surface area (Å²) in [5.74, 6) is 2.16. The van der Waals surface area contributed by atoms with Crippen molar-refractivity contribution in [2.45, 2.75) is 99.5 Å². The number of aromatic amines is 1. The van der Waals surface area contributed by atoms with E-state index in [0.29, 0.717) is 18.1 Å². The SMILES string of the molecule is C=C.CC.CCC(C)C1=NCC(C)=C1.Cc1ccccc1-c1cnc(C(C)C)[nH]1.NC(C=O)CC(=O)N1CCCCC1. The molecule has 3 N–H and O–H groups in total. The van der Waals surface area contributed by atoms with Crippen LogP contribution in [-0.2, 0) is 9.59 Å². The average molecular weight is 580 g/mol. The maximum Gasteiger partial charge on any atom is 0.224 e. The van der Waals surface area contributed by atoms with Crippen LogP contribution in [0.2, 0.25) is 0 Å². The predicted molar refractivity (Wildman–Crippen MR) is 180 cm³/mol. The molecule has 2 aliphatic heterocycles. The molecule has 0 aliphatic carbocycles. The monoisotopic (exact) mass is 579 g/mol. The minimum absolute atomic E-state index is 0.0132. The number of amides is 1. The zero-order valence-corrected chi connectivity index (χ0v) is 27.6. The minimum atomic E-state index is -0.630. The molecule has 2 aliphatic rings. The van der Waals surface area contributed by atoms with Crippen LogP contribution in [0.3, 0.4) is 0 Å². The number of aryl methyl sites for hydroxylation is 1. The molecule has 4 rings (SSSR count). The summed E-state index contributed by atoms with van der Waals surface area (Å²) in [4.78, 5) is 35.6. The second kappa shape index (κ2) is 22.3. The summed E-state index contributed by atoms with van der Waals surface area (Å²) in [5, 5.41) is 0. The van der Waals surface area contributed by atoms with Gasteiger partial charge in [-0.25, -0.2) is 4.98 Å². The van der Waals surface area contributed by atoms with Gasteiger partial charge in [0.25, 0.3) is 0 Å². The highest BCUT2D eigenvalue weighted by Gasteiger charge is 2.18. The number of nitrogens with one attached hydrogen (secondary N) is 1. The highest BCUT2D eigenvalue weighted by Crippen LogP contribution is 2.22. The van der Waals surface area contributed by atoms with E-state index in [1.165, 1.54) is 35.3 Å². The number of hydrogen-bond donors (Lipinski definition) is 2. The highest BCUT2D eigenvalue weighted by atomic mass is 16.2. The lowest BCUT2D eigenvalue weighted by Crippen LogP contribution is -2.39. The Morgan fingerprint density at radius 1 is 1.10 bits per heavy atom. The lowest BCUT2D eigenvalue weighted by molar-refractivity contribution is -0.133. The number of aromatic nitrogens is 2. The van der Waals surface area contributed by atoms with Crippen molar-refractivity contribution in [1.82, 2.24) is 14.9 Å². The van der Waals surface area contributed by atoms with Crippen molar-refractivity contribution in [3.05, 3.63) is 66.7 Å². The second-order valence-electron chi connectivity index (χ2n) is 10.6. The van der Waals surface area contributed by atoms with Gasteiger partial charge in [-0.2, -0.15) is 0 Å². The van der Waals surface area contributed by atoms with E-state index in [2.05, 4.69) is 100 Å². The number of allylic oxidation sites excluding steroid dienone is 1. The number of H-pyrrole nitrogens is 1. The molecule has 0 spiro atoms. The van der Waals surface area contributed by atoms with E-state index in [0.717, 1.165) is 44.0 Å². The Bertz CT molecular complexity index is 1100. The standard InChI is InChI=1S/C13H16N2.C9H16N2O2.C9H15N.C2H6.C2H4/c1-9(2)13-14-8-12(15-13)11-7-5-4-6-10(11)3;10-8(7-12)6-9(13)11-4-2-1-3-5-11;1-4-8(3)9-5-7(2)6-10-9;2*1-2/h4-9H,1-3H3,(H,14,15);7-8H,1-6,10H2;5,8H,4,6H2,1-3H3;1-2H3;1-2H2. The average Bonchev–Trinajstić information content (AvgIpc) is 3.70. The number of aliphatic imine (C=N–C) groups is 1. The molecule has 0 bridgehead atoms. The first-order chi connectivity index (χ1) is 20.2. The quantitative estimate of drug-likeness (QED) is 0.259. The fourth-order valence-electron chi connectivity index (χ4n) is 4.23. The molecule has 2 atom stereocenters. The molecule has 42 heavy (non-hydrogen) atoms. The zero-order valence-electron chi connectivity index (χ0n) is 27.6. The molecule has 7 nitrogen and oxygen atoms in total. The lowest BCUT2D eigenvalue weighted by Gasteiger charge is -2.27. The van der Waals surface area contributed by atoms with Gasteiger partial charge in [0.1, 0.15) is 12.1 Å². The van der Waals surface area contributed by atoms with Gasteiger partial charge in [-0.3, -0.25) is 9.79 Å². The van der Waals surface area contributed by atoms with Crippen molar-refractivity contribution in [3.8, 4) is 11.3 Å². The van der Waals surface area contributed by atoms with Gasteiger partial charge in [-0.15, -0.1) is 13.2 Å². The molecule has 234 valence electrons. The number of benzene rings is 1. The minimum Gasteiger partial charge on any atom is -0.343 e. The molecule has 1 saturated heterocycles. The molecular formula is C35H57N5O2. The topological polar surface area (TPSA) is 104 Å². The zero-order chi connectivity index (χ0) is 32.1. The van der Waals surface area contributed by atoms with Crippen molar-refractivity contribution in [3.63, 3.8) is 0 Å². The summed E-state index contributed by atoms with van der Waals surface area (Å²) in [7, 11) is 0. The molecule has 7 heteroatoms. The smallest absolute Gasteiger partial charge is 0.224 e. The first-order valence-corrected chi connectivity index (χ1v) is 15.5. The number of carbonyl (C=O) groups is 2. The number of nitrogens with zero attached hydrogens (tertiary/aromatic N) is 3. The number of aldehydes is 1. The van der Waals surface area contributed by atoms with Gasteiger partial charge in [0.05, 0.1) is 24.5 Å². The number of nitrogens with two attached hydrogens (primary N) is 1. The number of piperidine rings is 1. The van der Waals surface area contributed by atoms with E-state index in [4.69, 9.17) is 5.73 Å². The van der Waals surface area contributed by atoms with E-state index in [9.17, 15) is 9.59 Å². The third-order valence-corrected chi connectivity index (χ3v) is 6.89. The number of rotatable bonds is 7. The van der Waals surface area contributed by atoms with E-state index in [1.807, 2.05) is 20.0 Å². The molecular weight excluding hydrogens is 522 g/mol. The molecule has 3 heterocycles. The Balaban J connectivity index is 0.000000575. The summed E-state index contributed by atoms with van der Waals surface area (Å²) >= 11 is 0. The Kier molecular flexibility index (Phi) is 20.5. The largest absolute Gasteiger partial charge is 0.343 e. The van der Waals surface area contributed by atoms with Gasteiger partial charge in [0.2, 0.25) is 5.91 Å². The normalized spacial score (nSPS) is 15.0. The molecule has 2 aromatic rings. The van der Waals surface area contributed by atoms with E-state index in [1.54, 1.807) is 4.90 Å². The molecule has 0 radical (unpaired) electrons. The summed E-state index contributed by atoms with van der Waals surface area (Å²) in [6.45, 7) is 25.5. The molecule has 1 amide bonds. The van der Waals surface area contributed by atoms with Crippen LogP contribution in [-0.4, -0.2) is 58.4 Å². The summed E-state index contributed by atoms with van der Waals surface area (Å²) < 4.78 is 0. The van der Waals surface area contributed by atoms with Crippen molar-refractivity contribution in [1.29, 1.82) is 0 Å². The van der Waals surface area contributed by atoms with Crippen LogP contribution in [0.1, 0.15) is 97.9 Å². The number of imidazole rings is 1. The fraction of sp³-hybridized carbons (Fsp3) is 0.543. The van der Waals surface area contributed by atoms with Gasteiger partial charge in [-0.05, 0) is 57.1 Å². The molecule has 0 saturated carbocycles. The van der Waals surface area contributed by atoms with Crippen LogP contribution >= 0.6 is 0 Å². The van der Waals surface area contributed by atoms with Gasteiger partial charge in [0.15, 0.2) is 0 Å². The van der Waals surface area contributed by atoms with Gasteiger partial charge in [0, 0.05) is 36.7 Å². The summed E-state index contributed by atoms with van der Waals surface area (Å²) in [5.41, 5.74) is 11.7.